The molecule has 2 saturated heterocycles. The molecule has 2 aromatic rings. The zero-order valence-corrected chi connectivity index (χ0v) is 27.7. The smallest absolute Gasteiger partial charge is 0.340 e. The molecule has 14 nitrogen and oxygen atoms in total. The monoisotopic (exact) mass is 652 g/mol. The molecular formula is C33H44N6O8. The minimum atomic E-state index is -1.20. The third kappa shape index (κ3) is 8.36. The van der Waals surface area contributed by atoms with Gasteiger partial charge in [-0.05, 0) is 37.8 Å². The van der Waals surface area contributed by atoms with E-state index in [1.54, 1.807) is 34.6 Å². The molecule has 4 N–H and O–H groups in total. The van der Waals surface area contributed by atoms with Crippen molar-refractivity contribution in [1.82, 2.24) is 30.7 Å². The van der Waals surface area contributed by atoms with Crippen LogP contribution in [0.4, 0.5) is 0 Å². The first kappa shape index (κ1) is 35.1. The second-order valence-corrected chi connectivity index (χ2v) is 12.3. The number of carbonyl (C=O) groups excluding carboxylic acids is 6. The van der Waals surface area contributed by atoms with E-state index in [9.17, 15) is 28.8 Å². The first-order valence-electron chi connectivity index (χ1n) is 15.8. The number of aryl methyl sites for hydroxylation is 1. The van der Waals surface area contributed by atoms with Crippen LogP contribution in [0, 0.1) is 19.8 Å². The molecule has 1 aromatic carbocycles. The minimum absolute atomic E-state index is 0.0168. The summed E-state index contributed by atoms with van der Waals surface area (Å²) >= 11 is 0. The van der Waals surface area contributed by atoms with Crippen molar-refractivity contribution in [1.29, 1.82) is 0 Å². The molecule has 47 heavy (non-hydrogen) atoms. The quantitative estimate of drug-likeness (QED) is 0.325. The van der Waals surface area contributed by atoms with Crippen molar-refractivity contribution in [2.75, 3.05) is 39.8 Å². The topological polar surface area (TPSA) is 179 Å². The normalized spacial score (nSPS) is 23.0. The van der Waals surface area contributed by atoms with Gasteiger partial charge in [0, 0.05) is 32.3 Å². The lowest BCUT2D eigenvalue weighted by molar-refractivity contribution is -0.148. The summed E-state index contributed by atoms with van der Waals surface area (Å²) in [5.41, 5.74) is 2.09. The molecule has 254 valence electrons. The Hall–Kier alpha value is -4.72. The summed E-state index contributed by atoms with van der Waals surface area (Å²) < 4.78 is 11.3. The van der Waals surface area contributed by atoms with Crippen LogP contribution in [0.2, 0.25) is 0 Å². The number of amides is 5. The number of carbonyl (C=O) groups is 6. The first-order valence-corrected chi connectivity index (χ1v) is 15.8. The second kappa shape index (κ2) is 15.2. The number of likely N-dealkylation sites (N-methyl/N-ethyl adjacent to an activating group) is 1. The lowest BCUT2D eigenvalue weighted by Crippen LogP contribution is -2.59. The van der Waals surface area contributed by atoms with E-state index < -0.39 is 59.8 Å². The molecule has 2 bridgehead atoms. The van der Waals surface area contributed by atoms with Gasteiger partial charge in [0.2, 0.25) is 17.7 Å². The second-order valence-electron chi connectivity index (χ2n) is 12.3. The molecular weight excluding hydrogens is 608 g/mol. The van der Waals surface area contributed by atoms with Crippen LogP contribution in [0.25, 0.3) is 0 Å². The van der Waals surface area contributed by atoms with E-state index in [2.05, 4.69) is 20.9 Å². The van der Waals surface area contributed by atoms with E-state index in [0.717, 1.165) is 5.56 Å². The molecule has 2 aliphatic rings. The van der Waals surface area contributed by atoms with E-state index >= 15 is 0 Å². The molecule has 2 fully saturated rings. The van der Waals surface area contributed by atoms with Gasteiger partial charge in [0.1, 0.15) is 17.8 Å². The summed E-state index contributed by atoms with van der Waals surface area (Å²) in [6.07, 6.45) is -1.87. The van der Waals surface area contributed by atoms with Crippen molar-refractivity contribution >= 4 is 35.5 Å². The third-order valence-electron chi connectivity index (χ3n) is 8.30. The number of H-pyrrole nitrogens is 1. The summed E-state index contributed by atoms with van der Waals surface area (Å²) in [5.74, 6) is -3.45. The van der Waals surface area contributed by atoms with Crippen molar-refractivity contribution in [3.05, 3.63) is 58.4 Å². The van der Waals surface area contributed by atoms with Gasteiger partial charge in [-0.15, -0.1) is 0 Å². The van der Waals surface area contributed by atoms with E-state index in [0.29, 0.717) is 11.3 Å². The first-order chi connectivity index (χ1) is 22.3. The molecule has 0 unspecified atom stereocenters. The molecule has 0 aliphatic carbocycles. The summed E-state index contributed by atoms with van der Waals surface area (Å²) in [5, 5.41) is 8.30. The van der Waals surface area contributed by atoms with Crippen LogP contribution in [0.1, 0.15) is 58.4 Å². The van der Waals surface area contributed by atoms with Crippen molar-refractivity contribution < 1.29 is 38.2 Å². The van der Waals surface area contributed by atoms with Gasteiger partial charge < -0.3 is 40.2 Å². The highest BCUT2D eigenvalue weighted by molar-refractivity contribution is 6.01. The zero-order valence-electron chi connectivity index (χ0n) is 27.7. The highest BCUT2D eigenvalue weighted by Crippen LogP contribution is 2.23. The van der Waals surface area contributed by atoms with Gasteiger partial charge in [-0.2, -0.15) is 0 Å². The van der Waals surface area contributed by atoms with Gasteiger partial charge in [-0.1, -0.05) is 44.2 Å². The number of esters is 1. The Bertz CT molecular complexity index is 1510. The molecule has 0 spiro atoms. The van der Waals surface area contributed by atoms with Gasteiger partial charge >= 0.3 is 5.97 Å². The molecule has 14 heteroatoms. The van der Waals surface area contributed by atoms with Gasteiger partial charge in [-0.3, -0.25) is 24.0 Å². The lowest BCUT2D eigenvalue weighted by Gasteiger charge is -2.38. The summed E-state index contributed by atoms with van der Waals surface area (Å²) in [4.78, 5) is 85.8. The highest BCUT2D eigenvalue weighted by atomic mass is 16.5. The van der Waals surface area contributed by atoms with Crippen LogP contribution in [0.3, 0.4) is 0 Å². The van der Waals surface area contributed by atoms with Crippen molar-refractivity contribution in [2.45, 2.75) is 65.3 Å². The number of nitrogens with zero attached hydrogens (tertiary/aromatic N) is 2. The van der Waals surface area contributed by atoms with Gasteiger partial charge in [-0.25, -0.2) is 4.79 Å². The van der Waals surface area contributed by atoms with Crippen LogP contribution in [0.15, 0.2) is 30.3 Å². The van der Waals surface area contributed by atoms with Crippen molar-refractivity contribution in [2.24, 2.45) is 5.92 Å². The van der Waals surface area contributed by atoms with E-state index in [1.165, 1.54) is 16.8 Å². The zero-order chi connectivity index (χ0) is 34.4. The Labute approximate surface area is 273 Å². The summed E-state index contributed by atoms with van der Waals surface area (Å²) in [7, 11) is 1.45. The van der Waals surface area contributed by atoms with E-state index in [4.69, 9.17) is 9.47 Å². The Kier molecular flexibility index (Phi) is 11.4. The fourth-order valence-electron chi connectivity index (χ4n) is 5.85. The fourth-order valence-corrected chi connectivity index (χ4v) is 5.85. The molecule has 3 heterocycles. The van der Waals surface area contributed by atoms with Crippen LogP contribution in [-0.4, -0.2) is 114 Å². The van der Waals surface area contributed by atoms with Crippen LogP contribution in [-0.2, 0) is 35.1 Å². The average molecular weight is 653 g/mol. The summed E-state index contributed by atoms with van der Waals surface area (Å²) in [6, 6.07) is 7.16. The van der Waals surface area contributed by atoms with E-state index in [1.807, 2.05) is 30.3 Å². The Balaban J connectivity index is 1.68. The minimum Gasteiger partial charge on any atom is -0.462 e. The molecule has 4 atom stereocenters. The highest BCUT2D eigenvalue weighted by Gasteiger charge is 2.39. The van der Waals surface area contributed by atoms with Gasteiger partial charge in [0.15, 0.2) is 6.10 Å². The molecule has 0 saturated carbocycles. The predicted molar refractivity (Wildman–Crippen MR) is 170 cm³/mol. The number of aromatic amines is 1. The number of benzene rings is 1. The third-order valence-corrected chi connectivity index (χ3v) is 8.30. The number of morpholine rings is 1. The molecule has 5 amide bonds. The maximum Gasteiger partial charge on any atom is 0.340 e. The van der Waals surface area contributed by atoms with Gasteiger partial charge in [0.25, 0.3) is 11.8 Å². The van der Waals surface area contributed by atoms with Crippen molar-refractivity contribution in [3.63, 3.8) is 0 Å². The molecule has 0 radical (unpaired) electrons. The number of aromatic nitrogens is 1. The number of ether oxygens (including phenoxy) is 2. The number of hydrogen-bond acceptors (Lipinski definition) is 8. The molecule has 1 aromatic heterocycles. The number of rotatable bonds is 6. The average Bonchev–Trinajstić information content (AvgIpc) is 3.34. The summed E-state index contributed by atoms with van der Waals surface area (Å²) in [6.45, 7) is 8.21. The number of hydrogen-bond donors (Lipinski definition) is 4. The predicted octanol–water partition coefficient (Wildman–Crippen LogP) is 0.474. The van der Waals surface area contributed by atoms with Crippen molar-refractivity contribution in [3.8, 4) is 0 Å². The number of nitrogens with one attached hydrogen (secondary N) is 4. The fraction of sp³-hybridized carbons (Fsp3) is 0.515. The van der Waals surface area contributed by atoms with Crippen LogP contribution >= 0.6 is 0 Å². The maximum atomic E-state index is 13.9. The van der Waals surface area contributed by atoms with Crippen LogP contribution < -0.4 is 16.0 Å². The lowest BCUT2D eigenvalue weighted by atomic mass is 10.0. The Morgan fingerprint density at radius 2 is 1.72 bits per heavy atom. The Morgan fingerprint density at radius 1 is 1.02 bits per heavy atom. The van der Waals surface area contributed by atoms with E-state index in [-0.39, 0.29) is 56.4 Å². The van der Waals surface area contributed by atoms with Crippen LogP contribution in [0.5, 0.6) is 0 Å². The molecule has 4 rings (SSSR count). The maximum absolute atomic E-state index is 13.9. The Morgan fingerprint density at radius 3 is 2.38 bits per heavy atom. The standard InChI is InChI=1S/C33H44N6O8/c1-7-46-33(45)26-19(4)28(35-20(26)5)32(44)39-15-22-14-34-30(42)27(18(2)3)37-25(40)17-38(6)31(43)23(13-21-11-9-8-10-12-21)36-29(41)24(16-39)47-22/h8-12,18,22-24,27,35H,7,13-17H2,1-6H3,(H,34,42)(H,36,41)(H,37,40)/t22-,23+,24+,27-/m0/s1. The van der Waals surface area contributed by atoms with Gasteiger partial charge in [0.05, 0.1) is 31.4 Å². The number of fused-ring (bicyclic) bond motifs is 2. The molecule has 2 aliphatic heterocycles. The SMILES string of the molecule is CCOC(=O)c1c(C)[nH]c(C(=O)N2C[C@@H]3CNC(=O)[C@H](C(C)C)NC(=O)CN(C)C(=O)[C@@H](Cc4ccccc4)NC(=O)[C@@H](C2)O3)c1C. The largest absolute Gasteiger partial charge is 0.462 e.